The lowest BCUT2D eigenvalue weighted by molar-refractivity contribution is 0.631. The molecule has 3 nitrogen and oxygen atoms in total. The molecule has 88 valence electrons. The summed E-state index contributed by atoms with van der Waals surface area (Å²) in [7, 11) is 0. The van der Waals surface area contributed by atoms with Gasteiger partial charge < -0.3 is 9.88 Å². The number of nitrogens with zero attached hydrogens (tertiary/aromatic N) is 2. The third-order valence-corrected chi connectivity index (χ3v) is 2.45. The minimum absolute atomic E-state index is 0.339. The molecular weight excluding hydrogens is 241 g/mol. The van der Waals surface area contributed by atoms with Crippen LogP contribution >= 0.6 is 11.6 Å². The molecule has 0 spiro atoms. The highest BCUT2D eigenvalue weighted by Gasteiger charge is 2.06. The first-order valence-corrected chi connectivity index (χ1v) is 5.42. The number of hydrogen-bond acceptors (Lipinski definition) is 2. The van der Waals surface area contributed by atoms with Gasteiger partial charge in [0, 0.05) is 24.0 Å². The Morgan fingerprint density at radius 3 is 3.06 bits per heavy atom. The van der Waals surface area contributed by atoms with Gasteiger partial charge in [-0.3, -0.25) is 0 Å². The summed E-state index contributed by atoms with van der Waals surface area (Å²) in [6.07, 6.45) is 5.17. The van der Waals surface area contributed by atoms with Crippen LogP contribution in [0.25, 0.3) is 0 Å². The van der Waals surface area contributed by atoms with Crippen LogP contribution in [0.5, 0.6) is 0 Å². The molecule has 0 aliphatic carbocycles. The van der Waals surface area contributed by atoms with Gasteiger partial charge in [0.15, 0.2) is 0 Å². The highest BCUT2D eigenvalue weighted by Crippen LogP contribution is 2.22. The van der Waals surface area contributed by atoms with Crippen LogP contribution in [-0.2, 0) is 6.54 Å². The van der Waals surface area contributed by atoms with Crippen molar-refractivity contribution in [1.82, 2.24) is 9.55 Å². The molecule has 2 aromatic rings. The predicted molar refractivity (Wildman–Crippen MR) is 67.1 cm³/mol. The van der Waals surface area contributed by atoms with E-state index in [9.17, 15) is 4.39 Å². The van der Waals surface area contributed by atoms with Crippen LogP contribution < -0.4 is 5.32 Å². The third kappa shape index (κ3) is 2.65. The molecule has 0 fully saturated rings. The Hall–Kier alpha value is -1.81. The molecule has 0 aliphatic heterocycles. The third-order valence-electron chi connectivity index (χ3n) is 2.22. The number of nitrogens with one attached hydrogen (secondary N) is 1. The maximum atomic E-state index is 13.6. The number of imidazole rings is 1. The van der Waals surface area contributed by atoms with Gasteiger partial charge in [-0.1, -0.05) is 17.7 Å². The minimum atomic E-state index is -0.411. The number of hydrogen-bond donors (Lipinski definition) is 1. The van der Waals surface area contributed by atoms with Gasteiger partial charge >= 0.3 is 0 Å². The van der Waals surface area contributed by atoms with E-state index in [1.807, 2.05) is 4.57 Å². The molecule has 1 N–H and O–H groups in total. The summed E-state index contributed by atoms with van der Waals surface area (Å²) in [4.78, 5) is 4.10. The van der Waals surface area contributed by atoms with Crippen molar-refractivity contribution in [2.45, 2.75) is 6.54 Å². The van der Waals surface area contributed by atoms with Crippen molar-refractivity contribution >= 4 is 23.2 Å². The molecule has 1 aromatic carbocycles. The van der Waals surface area contributed by atoms with Crippen LogP contribution in [0.4, 0.5) is 16.0 Å². The predicted octanol–water partition coefficient (Wildman–Crippen LogP) is 3.61. The fraction of sp³-hybridized carbons (Fsp3) is 0.0833. The summed E-state index contributed by atoms with van der Waals surface area (Å²) in [5.41, 5.74) is 0.339. The number of allylic oxidation sites excluding steroid dienone is 1. The van der Waals surface area contributed by atoms with Gasteiger partial charge in [0.1, 0.15) is 5.82 Å². The van der Waals surface area contributed by atoms with E-state index >= 15 is 0 Å². The summed E-state index contributed by atoms with van der Waals surface area (Å²) >= 11 is 5.68. The van der Waals surface area contributed by atoms with Crippen LogP contribution in [0.1, 0.15) is 0 Å². The number of anilines is 2. The van der Waals surface area contributed by atoms with E-state index in [0.29, 0.717) is 23.2 Å². The average molecular weight is 252 g/mol. The van der Waals surface area contributed by atoms with Crippen molar-refractivity contribution in [3.63, 3.8) is 0 Å². The molecule has 0 unspecified atom stereocenters. The van der Waals surface area contributed by atoms with E-state index in [4.69, 9.17) is 11.6 Å². The van der Waals surface area contributed by atoms with Crippen molar-refractivity contribution in [3.8, 4) is 0 Å². The molecule has 1 heterocycles. The monoisotopic (exact) mass is 251 g/mol. The lowest BCUT2D eigenvalue weighted by atomic mass is 10.3. The van der Waals surface area contributed by atoms with Gasteiger partial charge in [-0.2, -0.15) is 0 Å². The van der Waals surface area contributed by atoms with Gasteiger partial charge in [-0.25, -0.2) is 9.37 Å². The Morgan fingerprint density at radius 1 is 1.53 bits per heavy atom. The molecule has 0 saturated heterocycles. The molecule has 0 radical (unpaired) electrons. The fourth-order valence-corrected chi connectivity index (χ4v) is 1.59. The normalized spacial score (nSPS) is 10.2. The van der Waals surface area contributed by atoms with Gasteiger partial charge in [-0.15, -0.1) is 6.58 Å². The van der Waals surface area contributed by atoms with Crippen molar-refractivity contribution in [2.75, 3.05) is 5.32 Å². The number of aromatic nitrogens is 2. The summed E-state index contributed by atoms with van der Waals surface area (Å²) in [5.74, 6) is 0.150. The molecule has 5 heteroatoms. The molecule has 1 aromatic heterocycles. The van der Waals surface area contributed by atoms with E-state index in [-0.39, 0.29) is 0 Å². The number of halogens is 2. The van der Waals surface area contributed by atoms with Crippen LogP contribution in [0.3, 0.4) is 0 Å². The maximum Gasteiger partial charge on any atom is 0.207 e. The van der Waals surface area contributed by atoms with Crippen molar-refractivity contribution in [2.24, 2.45) is 0 Å². The standard InChI is InChI=1S/C12H11ClFN3/c1-2-6-17-7-5-15-12(17)16-11-4-3-9(13)8-10(11)14/h2-5,7-8H,1,6H2,(H,15,16). The van der Waals surface area contributed by atoms with E-state index in [2.05, 4.69) is 16.9 Å². The van der Waals surface area contributed by atoms with E-state index < -0.39 is 5.82 Å². The highest BCUT2D eigenvalue weighted by atomic mass is 35.5. The Morgan fingerprint density at radius 2 is 2.35 bits per heavy atom. The van der Waals surface area contributed by atoms with Gasteiger partial charge in [0.2, 0.25) is 5.95 Å². The molecule has 0 bridgehead atoms. The zero-order valence-electron chi connectivity index (χ0n) is 9.03. The molecule has 0 saturated carbocycles. The molecule has 2 rings (SSSR count). The number of benzene rings is 1. The molecule has 0 aliphatic rings. The SMILES string of the molecule is C=CCn1ccnc1Nc1ccc(Cl)cc1F. The van der Waals surface area contributed by atoms with E-state index in [1.54, 1.807) is 30.6 Å². The Bertz CT molecular complexity index is 536. The molecule has 17 heavy (non-hydrogen) atoms. The second-order valence-electron chi connectivity index (χ2n) is 3.44. The van der Waals surface area contributed by atoms with Crippen molar-refractivity contribution < 1.29 is 4.39 Å². The van der Waals surface area contributed by atoms with Crippen LogP contribution in [-0.4, -0.2) is 9.55 Å². The topological polar surface area (TPSA) is 29.9 Å². The van der Waals surface area contributed by atoms with Crippen LogP contribution in [0, 0.1) is 5.82 Å². The average Bonchev–Trinajstić information content (AvgIpc) is 2.71. The first-order chi connectivity index (χ1) is 8.20. The first-order valence-electron chi connectivity index (χ1n) is 5.05. The minimum Gasteiger partial charge on any atom is -0.323 e. The van der Waals surface area contributed by atoms with Crippen molar-refractivity contribution in [1.29, 1.82) is 0 Å². The molecular formula is C12H11ClFN3. The smallest absolute Gasteiger partial charge is 0.207 e. The van der Waals surface area contributed by atoms with Crippen LogP contribution in [0.15, 0.2) is 43.2 Å². The lowest BCUT2D eigenvalue weighted by Gasteiger charge is -2.08. The quantitative estimate of drug-likeness (QED) is 0.842. The van der Waals surface area contributed by atoms with Crippen molar-refractivity contribution in [3.05, 3.63) is 54.1 Å². The first kappa shape index (κ1) is 11.7. The Labute approximate surface area is 104 Å². The Balaban J connectivity index is 2.25. The van der Waals surface area contributed by atoms with Gasteiger partial charge in [0.25, 0.3) is 0 Å². The second kappa shape index (κ2) is 5.01. The summed E-state index contributed by atoms with van der Waals surface area (Å²) in [6, 6.07) is 4.45. The van der Waals surface area contributed by atoms with E-state index in [1.165, 1.54) is 6.07 Å². The van der Waals surface area contributed by atoms with Crippen LogP contribution in [0.2, 0.25) is 5.02 Å². The largest absolute Gasteiger partial charge is 0.323 e. The fourth-order valence-electron chi connectivity index (χ4n) is 1.43. The summed E-state index contributed by atoms with van der Waals surface area (Å²) in [6.45, 7) is 4.25. The molecule has 0 amide bonds. The number of rotatable bonds is 4. The lowest BCUT2D eigenvalue weighted by Crippen LogP contribution is -2.03. The van der Waals surface area contributed by atoms with Gasteiger partial charge in [-0.05, 0) is 18.2 Å². The maximum absolute atomic E-state index is 13.6. The highest BCUT2D eigenvalue weighted by molar-refractivity contribution is 6.30. The molecule has 0 atom stereocenters. The van der Waals surface area contributed by atoms with Gasteiger partial charge in [0.05, 0.1) is 5.69 Å². The van der Waals surface area contributed by atoms with E-state index in [0.717, 1.165) is 0 Å². The zero-order valence-corrected chi connectivity index (χ0v) is 9.78. The summed E-state index contributed by atoms with van der Waals surface area (Å²) in [5, 5.41) is 3.27. The zero-order chi connectivity index (χ0) is 12.3. The second-order valence-corrected chi connectivity index (χ2v) is 3.88. The Kier molecular flexibility index (Phi) is 3.44. The summed E-state index contributed by atoms with van der Waals surface area (Å²) < 4.78 is 15.4.